The molecule has 0 aliphatic carbocycles. The zero-order valence-corrected chi connectivity index (χ0v) is 20.2. The van der Waals surface area contributed by atoms with E-state index in [0.717, 1.165) is 40.0 Å². The Labute approximate surface area is 192 Å². The second-order valence-corrected chi connectivity index (χ2v) is 11.1. The summed E-state index contributed by atoms with van der Waals surface area (Å²) in [6.45, 7) is 8.01. The number of hydrogen-bond donors (Lipinski definition) is 1. The van der Waals surface area contributed by atoms with Gasteiger partial charge in [0.25, 0.3) is 5.91 Å². The summed E-state index contributed by atoms with van der Waals surface area (Å²) >= 11 is 1.15. The van der Waals surface area contributed by atoms with Crippen LogP contribution in [0.25, 0.3) is 0 Å². The molecule has 1 aromatic heterocycles. The number of hydrogen-bond acceptors (Lipinski definition) is 6. The highest BCUT2D eigenvalue weighted by Gasteiger charge is 2.39. The van der Waals surface area contributed by atoms with Crippen molar-refractivity contribution in [3.8, 4) is 0 Å². The van der Waals surface area contributed by atoms with Gasteiger partial charge in [0.15, 0.2) is 0 Å². The first kappa shape index (κ1) is 22.6. The van der Waals surface area contributed by atoms with Gasteiger partial charge >= 0.3 is 0 Å². The molecular formula is C23H26N4O3S2. The summed E-state index contributed by atoms with van der Waals surface area (Å²) in [5, 5.41) is 11.8. The van der Waals surface area contributed by atoms with Gasteiger partial charge in [-0.1, -0.05) is 46.7 Å². The highest BCUT2D eigenvalue weighted by Crippen LogP contribution is 2.39. The van der Waals surface area contributed by atoms with Gasteiger partial charge in [-0.25, -0.2) is 8.42 Å². The molecular weight excluding hydrogens is 444 g/mol. The van der Waals surface area contributed by atoms with Crippen molar-refractivity contribution in [1.29, 1.82) is 0 Å². The highest BCUT2D eigenvalue weighted by atomic mass is 32.2. The quantitative estimate of drug-likeness (QED) is 0.591. The van der Waals surface area contributed by atoms with Crippen molar-refractivity contribution in [2.75, 3.05) is 11.9 Å². The maximum absolute atomic E-state index is 13.6. The Morgan fingerprint density at radius 3 is 2.34 bits per heavy atom. The number of aromatic nitrogens is 2. The van der Waals surface area contributed by atoms with Gasteiger partial charge in [-0.3, -0.25) is 4.79 Å². The van der Waals surface area contributed by atoms with Gasteiger partial charge in [0.1, 0.15) is 5.01 Å². The van der Waals surface area contributed by atoms with Crippen LogP contribution in [-0.4, -0.2) is 35.4 Å². The number of nitrogens with one attached hydrogen (secondary N) is 1. The lowest BCUT2D eigenvalue weighted by Gasteiger charge is -2.24. The van der Waals surface area contributed by atoms with E-state index in [2.05, 4.69) is 15.5 Å². The first-order valence-corrected chi connectivity index (χ1v) is 12.7. The minimum Gasteiger partial charge on any atom is -0.320 e. The Balaban J connectivity index is 1.59. The average Bonchev–Trinajstić information content (AvgIpc) is 3.38. The summed E-state index contributed by atoms with van der Waals surface area (Å²) in [5.74, 6) is -0.352. The minimum absolute atomic E-state index is 0.215. The fraction of sp³-hybridized carbons (Fsp3) is 0.348. The molecule has 1 aliphatic heterocycles. The molecule has 0 saturated carbocycles. The van der Waals surface area contributed by atoms with E-state index in [1.54, 1.807) is 0 Å². The first-order valence-electron chi connectivity index (χ1n) is 10.5. The summed E-state index contributed by atoms with van der Waals surface area (Å²) < 4.78 is 28.7. The number of nitrogens with zero attached hydrogens (tertiary/aromatic N) is 3. The Bertz CT molecular complexity index is 1240. The van der Waals surface area contributed by atoms with E-state index in [4.69, 9.17) is 0 Å². The maximum atomic E-state index is 13.6. The fourth-order valence-electron chi connectivity index (χ4n) is 4.25. The third-order valence-electron chi connectivity index (χ3n) is 5.60. The predicted octanol–water partition coefficient (Wildman–Crippen LogP) is 4.55. The van der Waals surface area contributed by atoms with Gasteiger partial charge in [-0.15, -0.1) is 10.2 Å². The monoisotopic (exact) mass is 470 g/mol. The topological polar surface area (TPSA) is 92.3 Å². The predicted molar refractivity (Wildman–Crippen MR) is 126 cm³/mol. The molecule has 1 amide bonds. The molecule has 168 valence electrons. The van der Waals surface area contributed by atoms with Crippen LogP contribution in [0.5, 0.6) is 0 Å². The van der Waals surface area contributed by atoms with Crippen molar-refractivity contribution in [3.63, 3.8) is 0 Å². The van der Waals surface area contributed by atoms with Crippen LogP contribution in [0.4, 0.5) is 5.69 Å². The number of sulfonamides is 1. The van der Waals surface area contributed by atoms with Crippen molar-refractivity contribution in [3.05, 3.63) is 68.7 Å². The lowest BCUT2D eigenvalue weighted by molar-refractivity contribution is 0.102. The number of anilines is 1. The molecule has 0 unspecified atom stereocenters. The van der Waals surface area contributed by atoms with E-state index in [0.29, 0.717) is 28.6 Å². The second kappa shape index (κ2) is 8.73. The largest absolute Gasteiger partial charge is 0.320 e. The van der Waals surface area contributed by atoms with Crippen molar-refractivity contribution >= 4 is 33.0 Å². The summed E-state index contributed by atoms with van der Waals surface area (Å²) in [7, 11) is -3.71. The molecule has 3 aromatic rings. The third kappa shape index (κ3) is 4.32. The first-order chi connectivity index (χ1) is 15.2. The van der Waals surface area contributed by atoms with Crippen molar-refractivity contribution < 1.29 is 13.2 Å². The van der Waals surface area contributed by atoms with E-state index in [1.807, 2.05) is 64.1 Å². The molecule has 1 aliphatic rings. The van der Waals surface area contributed by atoms with E-state index in [-0.39, 0.29) is 10.9 Å². The molecule has 1 saturated heterocycles. The number of aryl methyl sites for hydroxylation is 4. The fourth-order valence-corrected chi connectivity index (χ4v) is 7.28. The Hall–Kier alpha value is -2.62. The smallest absolute Gasteiger partial charge is 0.286 e. The molecule has 32 heavy (non-hydrogen) atoms. The molecule has 0 bridgehead atoms. The molecule has 4 rings (SSSR count). The van der Waals surface area contributed by atoms with Crippen molar-refractivity contribution in [2.45, 2.75) is 51.5 Å². The normalized spacial score (nSPS) is 16.9. The Morgan fingerprint density at radius 2 is 1.69 bits per heavy atom. The standard InChI is InChI=1S/C23H26N4O3S2/c1-14-7-9-18(10-8-14)24-21(28)23-26-25-22(31-23)19-6-5-11-27(19)32(29,30)20-16(3)12-15(2)13-17(20)4/h7-10,12-13,19H,5-6,11H2,1-4H3,(H,24,28)/t19-/m0/s1. The molecule has 1 N–H and O–H groups in total. The van der Waals surface area contributed by atoms with Gasteiger partial charge in [0, 0.05) is 12.2 Å². The average molecular weight is 471 g/mol. The maximum Gasteiger partial charge on any atom is 0.286 e. The Morgan fingerprint density at radius 1 is 1.03 bits per heavy atom. The van der Waals surface area contributed by atoms with Gasteiger partial charge in [0.2, 0.25) is 15.0 Å². The van der Waals surface area contributed by atoms with E-state index >= 15 is 0 Å². The third-order valence-corrected chi connectivity index (χ3v) is 8.84. The van der Waals surface area contributed by atoms with Crippen LogP contribution in [0.3, 0.4) is 0 Å². The second-order valence-electron chi connectivity index (χ2n) is 8.27. The number of rotatable bonds is 5. The molecule has 1 atom stereocenters. The van der Waals surface area contributed by atoms with Crippen LogP contribution < -0.4 is 5.32 Å². The summed E-state index contributed by atoms with van der Waals surface area (Å²) in [6.07, 6.45) is 1.38. The molecule has 0 radical (unpaired) electrons. The summed E-state index contributed by atoms with van der Waals surface area (Å²) in [4.78, 5) is 13.0. The lowest BCUT2D eigenvalue weighted by Crippen LogP contribution is -2.31. The van der Waals surface area contributed by atoms with E-state index < -0.39 is 16.1 Å². The SMILES string of the molecule is Cc1ccc(NC(=O)c2nnc([C@@H]3CCCN3S(=O)(=O)c3c(C)cc(C)cc3C)s2)cc1. The molecule has 9 heteroatoms. The van der Waals surface area contributed by atoms with Crippen LogP contribution in [0.15, 0.2) is 41.3 Å². The molecule has 2 heterocycles. The number of benzene rings is 2. The molecule has 2 aromatic carbocycles. The zero-order chi connectivity index (χ0) is 23.0. The van der Waals surface area contributed by atoms with Gasteiger partial charge in [-0.05, 0) is 63.8 Å². The van der Waals surface area contributed by atoms with Crippen LogP contribution in [0, 0.1) is 27.7 Å². The van der Waals surface area contributed by atoms with E-state index in [9.17, 15) is 13.2 Å². The number of carbonyl (C=O) groups is 1. The van der Waals surface area contributed by atoms with Crippen LogP contribution in [0.1, 0.15) is 55.9 Å². The van der Waals surface area contributed by atoms with Crippen LogP contribution in [-0.2, 0) is 10.0 Å². The van der Waals surface area contributed by atoms with E-state index in [1.165, 1.54) is 4.31 Å². The highest BCUT2D eigenvalue weighted by molar-refractivity contribution is 7.89. The minimum atomic E-state index is -3.71. The number of amides is 1. The zero-order valence-electron chi connectivity index (χ0n) is 18.5. The molecule has 0 spiro atoms. The van der Waals surface area contributed by atoms with Crippen LogP contribution in [0.2, 0.25) is 0 Å². The Kier molecular flexibility index (Phi) is 6.15. The summed E-state index contributed by atoms with van der Waals surface area (Å²) in [6, 6.07) is 10.8. The van der Waals surface area contributed by atoms with Gasteiger partial charge in [0.05, 0.1) is 10.9 Å². The van der Waals surface area contributed by atoms with Crippen molar-refractivity contribution in [1.82, 2.24) is 14.5 Å². The molecule has 1 fully saturated rings. The van der Waals surface area contributed by atoms with Gasteiger partial charge in [-0.2, -0.15) is 4.31 Å². The van der Waals surface area contributed by atoms with Crippen LogP contribution >= 0.6 is 11.3 Å². The lowest BCUT2D eigenvalue weighted by atomic mass is 10.1. The summed E-state index contributed by atoms with van der Waals surface area (Å²) in [5.41, 5.74) is 4.29. The van der Waals surface area contributed by atoms with Gasteiger partial charge < -0.3 is 5.32 Å². The molecule has 7 nitrogen and oxygen atoms in total. The number of carbonyl (C=O) groups excluding carboxylic acids is 1. The van der Waals surface area contributed by atoms with Crippen molar-refractivity contribution in [2.24, 2.45) is 0 Å².